The minimum Gasteiger partial charge on any atom is -0.310 e. The Kier molecular flexibility index (Phi) is 8.55. The number of aromatic nitrogens is 1. The minimum absolute atomic E-state index is 1.09. The molecule has 264 valence electrons. The molecule has 0 unspecified atom stereocenters. The molecule has 0 N–H and O–H groups in total. The van der Waals surface area contributed by atoms with E-state index in [0.29, 0.717) is 0 Å². The number of rotatable bonds is 8. The Balaban J connectivity index is 1.09. The Morgan fingerprint density at radius 1 is 0.286 bits per heavy atom. The first-order valence-corrected chi connectivity index (χ1v) is 19.2. The molecule has 0 radical (unpaired) electrons. The topological polar surface area (TPSA) is 8.17 Å². The van der Waals surface area contributed by atoms with Gasteiger partial charge in [0.1, 0.15) is 0 Å². The van der Waals surface area contributed by atoms with Crippen LogP contribution < -0.4 is 4.90 Å². The second-order valence-corrected chi connectivity index (χ2v) is 14.1. The van der Waals surface area contributed by atoms with Gasteiger partial charge >= 0.3 is 0 Å². The maximum atomic E-state index is 2.44. The Morgan fingerprint density at radius 3 is 1.45 bits per heavy atom. The van der Waals surface area contributed by atoms with E-state index < -0.39 is 0 Å². The molecule has 0 fully saturated rings. The van der Waals surface area contributed by atoms with Crippen molar-refractivity contribution in [3.63, 3.8) is 0 Å². The largest absolute Gasteiger partial charge is 0.310 e. The average Bonchev–Trinajstić information content (AvgIpc) is 3.62. The molecule has 0 spiro atoms. The molecule has 0 bridgehead atoms. The first-order valence-electron chi connectivity index (χ1n) is 19.2. The van der Waals surface area contributed by atoms with Crippen LogP contribution in [-0.4, -0.2) is 4.57 Å². The van der Waals surface area contributed by atoms with Crippen LogP contribution >= 0.6 is 0 Å². The van der Waals surface area contributed by atoms with E-state index in [2.05, 4.69) is 240 Å². The summed E-state index contributed by atoms with van der Waals surface area (Å²) in [5, 5.41) is 2.52. The maximum absolute atomic E-state index is 2.44. The van der Waals surface area contributed by atoms with Crippen LogP contribution in [-0.2, 0) is 0 Å². The zero-order chi connectivity index (χ0) is 37.3. The number of fused-ring (bicyclic) bond motifs is 3. The highest BCUT2D eigenvalue weighted by molar-refractivity contribution is 6.16. The molecule has 0 amide bonds. The molecule has 10 rings (SSSR count). The predicted molar refractivity (Wildman–Crippen MR) is 237 cm³/mol. The van der Waals surface area contributed by atoms with Crippen molar-refractivity contribution in [2.75, 3.05) is 4.90 Å². The molecular formula is C54H38N2. The summed E-state index contributed by atoms with van der Waals surface area (Å²) < 4.78 is 2.44. The molecule has 1 heterocycles. The van der Waals surface area contributed by atoms with Crippen LogP contribution in [0.5, 0.6) is 0 Å². The molecular weight excluding hydrogens is 677 g/mol. The maximum Gasteiger partial charge on any atom is 0.0547 e. The highest BCUT2D eigenvalue weighted by Crippen LogP contribution is 2.42. The molecule has 0 atom stereocenters. The Hall–Kier alpha value is -7.42. The van der Waals surface area contributed by atoms with Crippen LogP contribution in [0.15, 0.2) is 231 Å². The van der Waals surface area contributed by atoms with E-state index in [1.165, 1.54) is 60.8 Å². The number of hydrogen-bond donors (Lipinski definition) is 0. The van der Waals surface area contributed by atoms with Crippen LogP contribution in [0.1, 0.15) is 0 Å². The Bertz CT molecular complexity index is 2930. The SMILES string of the molecule is c1ccc(-c2ccc(N(c3ccc(-c4ccccc4-n4c5ccccc5c5c(-c6ccccc6)cccc54)cc3)c3cccc(-c4ccccc4)c3)cc2)cc1. The quantitative estimate of drug-likeness (QED) is 0.152. The smallest absolute Gasteiger partial charge is 0.0547 e. The summed E-state index contributed by atoms with van der Waals surface area (Å²) in [4.78, 5) is 2.36. The Labute approximate surface area is 327 Å². The fourth-order valence-corrected chi connectivity index (χ4v) is 8.18. The molecule has 0 aliphatic rings. The van der Waals surface area contributed by atoms with Crippen molar-refractivity contribution in [2.24, 2.45) is 0 Å². The second-order valence-electron chi connectivity index (χ2n) is 14.1. The van der Waals surface area contributed by atoms with Gasteiger partial charge < -0.3 is 9.47 Å². The van der Waals surface area contributed by atoms with Gasteiger partial charge in [0, 0.05) is 33.4 Å². The molecule has 2 heteroatoms. The third kappa shape index (κ3) is 6.04. The zero-order valence-electron chi connectivity index (χ0n) is 30.8. The summed E-state index contributed by atoms with van der Waals surface area (Å²) >= 11 is 0. The molecule has 9 aromatic carbocycles. The lowest BCUT2D eigenvalue weighted by Gasteiger charge is -2.26. The third-order valence-corrected chi connectivity index (χ3v) is 10.8. The van der Waals surface area contributed by atoms with E-state index in [1.54, 1.807) is 0 Å². The number of hydrogen-bond acceptors (Lipinski definition) is 1. The molecule has 0 aliphatic heterocycles. The van der Waals surface area contributed by atoms with Gasteiger partial charge in [-0.2, -0.15) is 0 Å². The fourth-order valence-electron chi connectivity index (χ4n) is 8.18. The van der Waals surface area contributed by atoms with Crippen LogP contribution in [0, 0.1) is 0 Å². The van der Waals surface area contributed by atoms with Gasteiger partial charge in [-0.3, -0.25) is 0 Å². The lowest BCUT2D eigenvalue weighted by Crippen LogP contribution is -2.10. The highest BCUT2D eigenvalue weighted by Gasteiger charge is 2.19. The van der Waals surface area contributed by atoms with E-state index >= 15 is 0 Å². The standard InChI is InChI=1S/C54H38N2/c1-4-16-39(17-5-1)41-30-34-45(35-31-41)55(47-23-14-22-44(38-47)40-18-6-2-7-19-40)46-36-32-43(33-37-46)48-24-10-12-27-51(48)56-52-28-13-11-25-50(52)54-49(26-15-29-53(54)56)42-20-8-3-9-21-42/h1-38H. The summed E-state index contributed by atoms with van der Waals surface area (Å²) in [7, 11) is 0. The number of anilines is 3. The van der Waals surface area contributed by atoms with Crippen molar-refractivity contribution >= 4 is 38.9 Å². The minimum atomic E-state index is 1.09. The fraction of sp³-hybridized carbons (Fsp3) is 0. The number of nitrogens with zero attached hydrogens (tertiary/aromatic N) is 2. The van der Waals surface area contributed by atoms with E-state index in [1.807, 2.05) is 0 Å². The van der Waals surface area contributed by atoms with Gasteiger partial charge in [-0.1, -0.05) is 176 Å². The molecule has 2 nitrogen and oxygen atoms in total. The lowest BCUT2D eigenvalue weighted by atomic mass is 9.99. The van der Waals surface area contributed by atoms with Gasteiger partial charge in [0.2, 0.25) is 0 Å². The van der Waals surface area contributed by atoms with Gasteiger partial charge in [-0.25, -0.2) is 0 Å². The van der Waals surface area contributed by atoms with Gasteiger partial charge in [0.05, 0.1) is 16.7 Å². The summed E-state index contributed by atoms with van der Waals surface area (Å²) in [6.45, 7) is 0. The molecule has 1 aromatic heterocycles. The van der Waals surface area contributed by atoms with Crippen molar-refractivity contribution in [1.82, 2.24) is 4.57 Å². The first-order chi connectivity index (χ1) is 27.8. The van der Waals surface area contributed by atoms with Gasteiger partial charge in [-0.05, 0) is 93.5 Å². The lowest BCUT2D eigenvalue weighted by molar-refractivity contribution is 1.18. The second kappa shape index (κ2) is 14.4. The Morgan fingerprint density at radius 2 is 0.750 bits per heavy atom. The monoisotopic (exact) mass is 714 g/mol. The zero-order valence-corrected chi connectivity index (χ0v) is 30.8. The summed E-state index contributed by atoms with van der Waals surface area (Å²) in [6.07, 6.45) is 0. The first kappa shape index (κ1) is 33.2. The summed E-state index contributed by atoms with van der Waals surface area (Å²) in [6, 6.07) is 82.9. The van der Waals surface area contributed by atoms with Crippen molar-refractivity contribution in [1.29, 1.82) is 0 Å². The predicted octanol–water partition coefficient (Wildman–Crippen LogP) is 14.9. The van der Waals surface area contributed by atoms with Crippen molar-refractivity contribution < 1.29 is 0 Å². The third-order valence-electron chi connectivity index (χ3n) is 10.8. The van der Waals surface area contributed by atoms with Crippen LogP contribution in [0.2, 0.25) is 0 Å². The van der Waals surface area contributed by atoms with Crippen LogP contribution in [0.4, 0.5) is 17.1 Å². The van der Waals surface area contributed by atoms with Gasteiger partial charge in [0.15, 0.2) is 0 Å². The van der Waals surface area contributed by atoms with Gasteiger partial charge in [0.25, 0.3) is 0 Å². The molecule has 0 aliphatic carbocycles. The van der Waals surface area contributed by atoms with E-state index in [4.69, 9.17) is 0 Å². The normalized spacial score (nSPS) is 11.2. The number of benzene rings is 9. The molecule has 0 saturated carbocycles. The number of para-hydroxylation sites is 2. The summed E-state index contributed by atoms with van der Waals surface area (Å²) in [5.41, 5.74) is 16.4. The van der Waals surface area contributed by atoms with Crippen molar-refractivity contribution in [3.05, 3.63) is 231 Å². The summed E-state index contributed by atoms with van der Waals surface area (Å²) in [5.74, 6) is 0. The van der Waals surface area contributed by atoms with Gasteiger partial charge in [-0.15, -0.1) is 0 Å². The van der Waals surface area contributed by atoms with Crippen LogP contribution in [0.25, 0.3) is 72.0 Å². The molecule has 0 saturated heterocycles. The van der Waals surface area contributed by atoms with E-state index in [0.717, 1.165) is 28.3 Å². The van der Waals surface area contributed by atoms with Crippen molar-refractivity contribution in [3.8, 4) is 50.2 Å². The van der Waals surface area contributed by atoms with Crippen LogP contribution in [0.3, 0.4) is 0 Å². The van der Waals surface area contributed by atoms with Crippen molar-refractivity contribution in [2.45, 2.75) is 0 Å². The molecule has 10 aromatic rings. The van der Waals surface area contributed by atoms with E-state index in [-0.39, 0.29) is 0 Å². The van der Waals surface area contributed by atoms with E-state index in [9.17, 15) is 0 Å². The molecule has 56 heavy (non-hydrogen) atoms. The average molecular weight is 715 g/mol. The highest BCUT2D eigenvalue weighted by atomic mass is 15.1.